The number of hydrogen-bond donors (Lipinski definition) is 1. The van der Waals surface area contributed by atoms with Crippen LogP contribution in [0.2, 0.25) is 0 Å². The molecule has 3 rings (SSSR count). The molecule has 3 nitrogen and oxygen atoms in total. The molecule has 4 heteroatoms. The fourth-order valence-corrected chi connectivity index (χ4v) is 3.67. The minimum Gasteiger partial charge on any atom is -0.335 e. The first-order valence-electron chi connectivity index (χ1n) is 7.77. The summed E-state index contributed by atoms with van der Waals surface area (Å²) >= 11 is 0. The average molecular weight is 309 g/mol. The van der Waals surface area contributed by atoms with Gasteiger partial charge in [-0.2, -0.15) is 0 Å². The van der Waals surface area contributed by atoms with Crippen LogP contribution in [0.4, 0.5) is 0 Å². The van der Waals surface area contributed by atoms with Gasteiger partial charge in [0.15, 0.2) is 0 Å². The summed E-state index contributed by atoms with van der Waals surface area (Å²) in [7, 11) is 0. The average Bonchev–Trinajstić information content (AvgIpc) is 2.83. The van der Waals surface area contributed by atoms with Gasteiger partial charge in [0, 0.05) is 25.0 Å². The Hall–Kier alpha value is -1.06. The van der Waals surface area contributed by atoms with Crippen LogP contribution in [0.25, 0.3) is 0 Å². The molecule has 1 aliphatic heterocycles. The van der Waals surface area contributed by atoms with Gasteiger partial charge in [0.25, 0.3) is 0 Å². The third kappa shape index (κ3) is 3.41. The first-order valence-corrected chi connectivity index (χ1v) is 7.77. The van der Waals surface area contributed by atoms with Crippen molar-refractivity contribution in [1.82, 2.24) is 4.90 Å². The number of hydrogen-bond acceptors (Lipinski definition) is 2. The topological polar surface area (TPSA) is 46.3 Å². The zero-order chi connectivity index (χ0) is 14.1. The van der Waals surface area contributed by atoms with Crippen molar-refractivity contribution in [1.29, 1.82) is 0 Å². The molecule has 1 amide bonds. The van der Waals surface area contributed by atoms with Gasteiger partial charge >= 0.3 is 0 Å². The van der Waals surface area contributed by atoms with E-state index in [1.165, 1.54) is 17.5 Å². The van der Waals surface area contributed by atoms with Gasteiger partial charge in [-0.25, -0.2) is 0 Å². The molecule has 0 radical (unpaired) electrons. The summed E-state index contributed by atoms with van der Waals surface area (Å²) < 4.78 is 0. The van der Waals surface area contributed by atoms with Gasteiger partial charge in [-0.05, 0) is 43.2 Å². The van der Waals surface area contributed by atoms with Gasteiger partial charge in [0.05, 0.1) is 0 Å². The highest BCUT2D eigenvalue weighted by molar-refractivity contribution is 5.85. The lowest BCUT2D eigenvalue weighted by molar-refractivity contribution is -0.135. The fourth-order valence-electron chi connectivity index (χ4n) is 3.67. The number of benzene rings is 1. The number of fused-ring (bicyclic) bond motifs is 1. The van der Waals surface area contributed by atoms with E-state index in [2.05, 4.69) is 31.2 Å². The van der Waals surface area contributed by atoms with Crippen LogP contribution in [-0.2, 0) is 17.8 Å². The van der Waals surface area contributed by atoms with Crippen molar-refractivity contribution in [2.24, 2.45) is 11.7 Å². The zero-order valence-electron chi connectivity index (χ0n) is 12.6. The number of carbonyl (C=O) groups excluding carboxylic acids is 1. The Bertz CT molecular complexity index is 505. The van der Waals surface area contributed by atoms with Crippen molar-refractivity contribution < 1.29 is 4.79 Å². The second-order valence-corrected chi connectivity index (χ2v) is 6.40. The molecule has 1 heterocycles. The zero-order valence-corrected chi connectivity index (χ0v) is 13.4. The second kappa shape index (κ2) is 6.80. The summed E-state index contributed by atoms with van der Waals surface area (Å²) in [4.78, 5) is 14.6. The molecule has 3 atom stereocenters. The standard InChI is InChI=1S/C17H24N2O.ClH/c1-12-9-13-5-2-3-6-15(13)11-19(12)17(20)10-14-7-4-8-16(14)18;/h2-3,5-6,12,14,16H,4,7-11,18H2,1H3;1H/t12?,14-,16+;/m0./s1. The normalized spacial score (nSPS) is 27.9. The summed E-state index contributed by atoms with van der Waals surface area (Å²) in [6.45, 7) is 2.92. The molecule has 21 heavy (non-hydrogen) atoms. The van der Waals surface area contributed by atoms with Crippen LogP contribution in [0.5, 0.6) is 0 Å². The molecule has 0 bridgehead atoms. The van der Waals surface area contributed by atoms with Gasteiger partial charge in [-0.15, -0.1) is 12.4 Å². The predicted octanol–water partition coefficient (Wildman–Crippen LogP) is 2.90. The molecule has 1 fully saturated rings. The highest BCUT2D eigenvalue weighted by Gasteiger charge is 2.31. The quantitative estimate of drug-likeness (QED) is 0.913. The van der Waals surface area contributed by atoms with Crippen LogP contribution in [0, 0.1) is 5.92 Å². The second-order valence-electron chi connectivity index (χ2n) is 6.40. The molecule has 116 valence electrons. The van der Waals surface area contributed by atoms with Crippen LogP contribution >= 0.6 is 12.4 Å². The van der Waals surface area contributed by atoms with Gasteiger partial charge in [-0.1, -0.05) is 30.7 Å². The molecule has 0 spiro atoms. The van der Waals surface area contributed by atoms with Crippen molar-refractivity contribution in [3.8, 4) is 0 Å². The maximum Gasteiger partial charge on any atom is 0.223 e. The van der Waals surface area contributed by atoms with Crippen LogP contribution in [-0.4, -0.2) is 22.9 Å². The number of nitrogens with zero attached hydrogens (tertiary/aromatic N) is 1. The summed E-state index contributed by atoms with van der Waals surface area (Å²) in [5, 5.41) is 0. The Labute approximate surface area is 133 Å². The van der Waals surface area contributed by atoms with E-state index < -0.39 is 0 Å². The predicted molar refractivity (Wildman–Crippen MR) is 87.3 cm³/mol. The van der Waals surface area contributed by atoms with Gasteiger partial charge < -0.3 is 10.6 Å². The molecule has 0 aromatic heterocycles. The Morgan fingerprint density at radius 1 is 1.29 bits per heavy atom. The molecular weight excluding hydrogens is 284 g/mol. The Morgan fingerprint density at radius 2 is 2.00 bits per heavy atom. The van der Waals surface area contributed by atoms with E-state index in [0.717, 1.165) is 25.8 Å². The van der Waals surface area contributed by atoms with Crippen molar-refractivity contribution in [3.63, 3.8) is 0 Å². The Balaban J connectivity index is 0.00000161. The van der Waals surface area contributed by atoms with Crippen molar-refractivity contribution in [3.05, 3.63) is 35.4 Å². The van der Waals surface area contributed by atoms with Gasteiger partial charge in [0.2, 0.25) is 5.91 Å². The molecule has 0 saturated heterocycles. The fraction of sp³-hybridized carbons (Fsp3) is 0.588. The van der Waals surface area contributed by atoms with Crippen molar-refractivity contribution in [2.45, 2.75) is 57.7 Å². The largest absolute Gasteiger partial charge is 0.335 e. The molecule has 1 aliphatic carbocycles. The Kier molecular flexibility index (Phi) is 5.28. The molecule has 1 aromatic rings. The van der Waals surface area contributed by atoms with Gasteiger partial charge in [-0.3, -0.25) is 4.79 Å². The highest BCUT2D eigenvalue weighted by atomic mass is 35.5. The maximum absolute atomic E-state index is 12.6. The summed E-state index contributed by atoms with van der Waals surface area (Å²) in [6, 6.07) is 9.00. The summed E-state index contributed by atoms with van der Waals surface area (Å²) in [5.74, 6) is 0.682. The first kappa shape index (κ1) is 16.3. The van der Waals surface area contributed by atoms with Gasteiger partial charge in [0.1, 0.15) is 0 Å². The third-order valence-corrected chi connectivity index (χ3v) is 4.98. The number of halogens is 1. The lowest BCUT2D eigenvalue weighted by Gasteiger charge is -2.36. The maximum atomic E-state index is 12.6. The Morgan fingerprint density at radius 3 is 2.67 bits per heavy atom. The lowest BCUT2D eigenvalue weighted by atomic mass is 9.93. The minimum atomic E-state index is 0. The molecule has 2 N–H and O–H groups in total. The van der Waals surface area contributed by atoms with Crippen molar-refractivity contribution >= 4 is 18.3 Å². The molecule has 1 saturated carbocycles. The van der Waals surface area contributed by atoms with Crippen LogP contribution in [0.3, 0.4) is 0 Å². The number of rotatable bonds is 2. The van der Waals surface area contributed by atoms with Crippen molar-refractivity contribution in [2.75, 3.05) is 0 Å². The molecule has 1 aromatic carbocycles. The lowest BCUT2D eigenvalue weighted by Crippen LogP contribution is -2.44. The molecule has 2 aliphatic rings. The van der Waals surface area contributed by atoms with Crippen LogP contribution in [0.1, 0.15) is 43.7 Å². The smallest absolute Gasteiger partial charge is 0.223 e. The van der Waals surface area contributed by atoms with E-state index in [1.54, 1.807) is 0 Å². The number of carbonyl (C=O) groups is 1. The van der Waals surface area contributed by atoms with Crippen LogP contribution in [0.15, 0.2) is 24.3 Å². The van der Waals surface area contributed by atoms with Crippen LogP contribution < -0.4 is 5.73 Å². The van der Waals surface area contributed by atoms with E-state index in [0.29, 0.717) is 18.4 Å². The van der Waals surface area contributed by atoms with E-state index in [1.807, 2.05) is 4.90 Å². The van der Waals surface area contributed by atoms with E-state index in [-0.39, 0.29) is 24.4 Å². The molecular formula is C17H25ClN2O. The summed E-state index contributed by atoms with van der Waals surface area (Å²) in [6.07, 6.45) is 4.98. The monoisotopic (exact) mass is 308 g/mol. The first-order chi connectivity index (χ1) is 9.65. The SMILES string of the molecule is CC1Cc2ccccc2CN1C(=O)C[C@@H]1CCC[C@H]1N.Cl. The highest BCUT2D eigenvalue weighted by Crippen LogP contribution is 2.29. The minimum absolute atomic E-state index is 0. The van der Waals surface area contributed by atoms with E-state index in [9.17, 15) is 4.79 Å². The summed E-state index contributed by atoms with van der Waals surface area (Å²) in [5.41, 5.74) is 8.79. The van der Waals surface area contributed by atoms with E-state index >= 15 is 0 Å². The number of nitrogens with two attached hydrogens (primary N) is 1. The number of amides is 1. The molecule has 1 unspecified atom stereocenters. The third-order valence-electron chi connectivity index (χ3n) is 4.98. The van der Waals surface area contributed by atoms with E-state index in [4.69, 9.17) is 5.73 Å².